The van der Waals surface area contributed by atoms with Crippen molar-refractivity contribution in [2.45, 2.75) is 74.8 Å². The molecule has 0 radical (unpaired) electrons. The van der Waals surface area contributed by atoms with Gasteiger partial charge in [-0.2, -0.15) is 0 Å². The van der Waals surface area contributed by atoms with Gasteiger partial charge in [-0.25, -0.2) is 0 Å². The zero-order chi connectivity index (χ0) is 27.7. The summed E-state index contributed by atoms with van der Waals surface area (Å²) in [6.07, 6.45) is 9.21. The predicted octanol–water partition coefficient (Wildman–Crippen LogP) is 3.09. The Bertz CT molecular complexity index is 1100. The van der Waals surface area contributed by atoms with E-state index in [1.54, 1.807) is 29.0 Å². The zero-order valence-electron chi connectivity index (χ0n) is 22.9. The van der Waals surface area contributed by atoms with Crippen LogP contribution in [0.1, 0.15) is 56.6 Å². The molecule has 8 nitrogen and oxygen atoms in total. The number of ether oxygens (including phenoxy) is 1. The van der Waals surface area contributed by atoms with Crippen LogP contribution in [0.15, 0.2) is 55.6 Å². The maximum absolute atomic E-state index is 14.7. The number of amides is 3. The molecular weight excluding hydrogens is 494 g/mol. The Morgan fingerprint density at radius 1 is 1.10 bits per heavy atom. The van der Waals surface area contributed by atoms with Gasteiger partial charge in [0.2, 0.25) is 17.7 Å². The lowest BCUT2D eigenvalue weighted by atomic mass is 9.70. The maximum Gasteiger partial charge on any atom is 0.248 e. The van der Waals surface area contributed by atoms with Gasteiger partial charge in [0.1, 0.15) is 11.6 Å². The largest absolute Gasteiger partial charge is 0.394 e. The fourth-order valence-corrected chi connectivity index (χ4v) is 7.66. The lowest BCUT2D eigenvalue weighted by Gasteiger charge is -2.42. The molecule has 3 amide bonds. The minimum Gasteiger partial charge on any atom is -0.394 e. The minimum absolute atomic E-state index is 0.0655. The summed E-state index contributed by atoms with van der Waals surface area (Å²) in [5.41, 5.74) is -0.360. The summed E-state index contributed by atoms with van der Waals surface area (Å²) >= 11 is 0. The van der Waals surface area contributed by atoms with Crippen molar-refractivity contribution < 1.29 is 24.2 Å². The monoisotopic (exact) mass is 535 g/mol. The molecular formula is C31H41N3O5. The molecule has 6 atom stereocenters. The second-order valence-corrected chi connectivity index (χ2v) is 11.5. The van der Waals surface area contributed by atoms with E-state index in [-0.39, 0.29) is 30.4 Å². The molecule has 1 aromatic rings. The first-order chi connectivity index (χ1) is 18.9. The highest BCUT2D eigenvalue weighted by molar-refractivity contribution is 5.99. The van der Waals surface area contributed by atoms with Gasteiger partial charge in [0, 0.05) is 26.2 Å². The van der Waals surface area contributed by atoms with E-state index in [0.29, 0.717) is 25.9 Å². The Labute approximate surface area is 231 Å². The Morgan fingerprint density at radius 3 is 2.44 bits per heavy atom. The smallest absolute Gasteiger partial charge is 0.248 e. The molecule has 3 heterocycles. The van der Waals surface area contributed by atoms with Gasteiger partial charge in [0.15, 0.2) is 0 Å². The Balaban J connectivity index is 1.60. The number of rotatable bonds is 10. The molecule has 1 saturated carbocycles. The van der Waals surface area contributed by atoms with E-state index in [1.165, 1.54) is 0 Å². The van der Waals surface area contributed by atoms with E-state index in [2.05, 4.69) is 13.2 Å². The van der Waals surface area contributed by atoms with E-state index in [1.807, 2.05) is 35.2 Å². The quantitative estimate of drug-likeness (QED) is 0.465. The maximum atomic E-state index is 14.7. The van der Waals surface area contributed by atoms with Crippen LogP contribution in [0.4, 0.5) is 0 Å². The normalized spacial score (nSPS) is 30.6. The molecule has 4 aliphatic rings. The van der Waals surface area contributed by atoms with Crippen molar-refractivity contribution in [3.8, 4) is 0 Å². The number of nitrogens with zero attached hydrogens (tertiary/aromatic N) is 3. The number of carbonyl (C=O) groups excluding carboxylic acids is 3. The van der Waals surface area contributed by atoms with Crippen LogP contribution in [0.3, 0.4) is 0 Å². The summed E-state index contributed by atoms with van der Waals surface area (Å²) in [4.78, 5) is 47.8. The Hall–Kier alpha value is -2.97. The summed E-state index contributed by atoms with van der Waals surface area (Å²) in [5.74, 6) is -2.07. The molecule has 1 aliphatic carbocycles. The number of likely N-dealkylation sites (tertiary alicyclic amines) is 1. The van der Waals surface area contributed by atoms with Crippen LogP contribution in [0, 0.1) is 11.8 Å². The van der Waals surface area contributed by atoms with Crippen LogP contribution in [-0.2, 0) is 19.1 Å². The van der Waals surface area contributed by atoms with Crippen LogP contribution in [0.5, 0.6) is 0 Å². The van der Waals surface area contributed by atoms with Crippen molar-refractivity contribution in [1.29, 1.82) is 0 Å². The fourth-order valence-electron chi connectivity index (χ4n) is 7.66. The molecule has 1 aromatic carbocycles. The highest BCUT2D eigenvalue weighted by atomic mass is 16.5. The van der Waals surface area contributed by atoms with Crippen LogP contribution in [0.2, 0.25) is 0 Å². The number of hydrogen-bond donors (Lipinski definition) is 1. The van der Waals surface area contributed by atoms with Crippen LogP contribution in [-0.4, -0.2) is 88.1 Å². The van der Waals surface area contributed by atoms with E-state index in [9.17, 15) is 19.5 Å². The molecule has 0 aromatic heterocycles. The number of aliphatic hydroxyl groups is 1. The summed E-state index contributed by atoms with van der Waals surface area (Å²) in [6.45, 7) is 8.07. The second kappa shape index (κ2) is 11.3. The molecule has 4 fully saturated rings. The Morgan fingerprint density at radius 2 is 1.79 bits per heavy atom. The average molecular weight is 536 g/mol. The van der Waals surface area contributed by atoms with E-state index in [4.69, 9.17) is 4.74 Å². The minimum atomic E-state index is -1.11. The molecule has 1 spiro atoms. The second-order valence-electron chi connectivity index (χ2n) is 11.5. The number of likely N-dealkylation sites (N-methyl/N-ethyl adjacent to an activating group) is 1. The number of fused-ring (bicyclic) bond motifs is 1. The molecule has 5 rings (SSSR count). The predicted molar refractivity (Wildman–Crippen MR) is 147 cm³/mol. The first kappa shape index (κ1) is 27.6. The number of aliphatic hydroxyl groups excluding tert-OH is 1. The standard InChI is InChI=1S/C31H41N3O5/c1-4-18-32(3)28(36)25-24-16-17-31(39-24)26(25)29(37)34(23(20-35)21-12-8-6-9-13-21)27(31)30(38)33(19-5-2)22-14-10-7-11-15-22/h4-6,8-9,12-13,22-27,35H,1-2,7,10-11,14-20H2,3H3/t23-,24+,25-,26+,27?,31?/m1/s1. The van der Waals surface area contributed by atoms with Crippen LogP contribution in [0.25, 0.3) is 0 Å². The molecule has 210 valence electrons. The van der Waals surface area contributed by atoms with Gasteiger partial charge in [0.05, 0.1) is 30.6 Å². The number of benzene rings is 1. The highest BCUT2D eigenvalue weighted by Gasteiger charge is 2.75. The zero-order valence-corrected chi connectivity index (χ0v) is 22.9. The fraction of sp³-hybridized carbons (Fsp3) is 0.581. The third-order valence-electron chi connectivity index (χ3n) is 9.35. The SMILES string of the molecule is C=CCN(C)C(=O)[C@@H]1[C@@H]2CCC3(O2)C(C(=O)N(CC=C)C2CCCCC2)N([C@H](CO)c2ccccc2)C(=O)[C@H]13. The summed E-state index contributed by atoms with van der Waals surface area (Å²) in [7, 11) is 1.71. The molecule has 39 heavy (non-hydrogen) atoms. The van der Waals surface area contributed by atoms with Gasteiger partial charge < -0.3 is 24.5 Å². The lowest BCUT2D eigenvalue weighted by molar-refractivity contribution is -0.153. The van der Waals surface area contributed by atoms with Crippen molar-refractivity contribution in [2.75, 3.05) is 26.7 Å². The number of hydrogen-bond acceptors (Lipinski definition) is 5. The summed E-state index contributed by atoms with van der Waals surface area (Å²) in [5, 5.41) is 10.6. The third-order valence-corrected chi connectivity index (χ3v) is 9.35. The van der Waals surface area contributed by atoms with E-state index in [0.717, 1.165) is 37.7 Å². The van der Waals surface area contributed by atoms with E-state index >= 15 is 0 Å². The van der Waals surface area contributed by atoms with Crippen molar-refractivity contribution in [1.82, 2.24) is 14.7 Å². The van der Waals surface area contributed by atoms with Gasteiger partial charge in [-0.15, -0.1) is 13.2 Å². The van der Waals surface area contributed by atoms with Gasteiger partial charge in [-0.05, 0) is 31.2 Å². The van der Waals surface area contributed by atoms with Gasteiger partial charge in [-0.1, -0.05) is 61.7 Å². The van der Waals surface area contributed by atoms with Crippen molar-refractivity contribution in [2.24, 2.45) is 11.8 Å². The van der Waals surface area contributed by atoms with E-state index < -0.39 is 35.6 Å². The van der Waals surface area contributed by atoms with Crippen LogP contribution < -0.4 is 0 Å². The van der Waals surface area contributed by atoms with Crippen molar-refractivity contribution >= 4 is 17.7 Å². The van der Waals surface area contributed by atoms with Crippen molar-refractivity contribution in [3.63, 3.8) is 0 Å². The van der Waals surface area contributed by atoms with Crippen molar-refractivity contribution in [3.05, 3.63) is 61.2 Å². The third kappa shape index (κ3) is 4.51. The molecule has 3 aliphatic heterocycles. The molecule has 2 unspecified atom stereocenters. The lowest BCUT2D eigenvalue weighted by Crippen LogP contribution is -2.59. The molecule has 1 N–H and O–H groups in total. The topological polar surface area (TPSA) is 90.4 Å². The molecule has 2 bridgehead atoms. The first-order valence-electron chi connectivity index (χ1n) is 14.3. The molecule has 3 saturated heterocycles. The van der Waals surface area contributed by atoms with Crippen LogP contribution >= 0.6 is 0 Å². The highest BCUT2D eigenvalue weighted by Crippen LogP contribution is 2.60. The van der Waals surface area contributed by atoms with Gasteiger partial charge >= 0.3 is 0 Å². The summed E-state index contributed by atoms with van der Waals surface area (Å²) < 4.78 is 6.64. The Kier molecular flexibility index (Phi) is 7.96. The molecule has 8 heteroatoms. The van der Waals surface area contributed by atoms with Gasteiger partial charge in [-0.3, -0.25) is 14.4 Å². The first-order valence-corrected chi connectivity index (χ1v) is 14.3. The van der Waals surface area contributed by atoms with Gasteiger partial charge in [0.25, 0.3) is 0 Å². The summed E-state index contributed by atoms with van der Waals surface area (Å²) in [6, 6.07) is 7.74. The average Bonchev–Trinajstić information content (AvgIpc) is 3.60. The number of carbonyl (C=O) groups is 3.